The zero-order valence-corrected chi connectivity index (χ0v) is 16.2. The van der Waals surface area contributed by atoms with Crippen LogP contribution in [-0.2, 0) is 0 Å². The van der Waals surface area contributed by atoms with E-state index < -0.39 is 0 Å². The van der Waals surface area contributed by atoms with Gasteiger partial charge in [0.2, 0.25) is 6.23 Å². The molecule has 0 aliphatic carbocycles. The first kappa shape index (κ1) is 16.7. The lowest BCUT2D eigenvalue weighted by molar-refractivity contribution is -0.0187. The molecular formula is C21H17ClN2O2S. The Morgan fingerprint density at radius 1 is 1.19 bits per heavy atom. The van der Waals surface area contributed by atoms with Crippen molar-refractivity contribution >= 4 is 28.6 Å². The molecule has 4 nitrogen and oxygen atoms in total. The van der Waals surface area contributed by atoms with Crippen LogP contribution < -0.4 is 9.47 Å². The molecular weight excluding hydrogens is 380 g/mol. The van der Waals surface area contributed by atoms with E-state index in [4.69, 9.17) is 26.2 Å². The maximum absolute atomic E-state index is 6.31. The van der Waals surface area contributed by atoms with Gasteiger partial charge in [-0.1, -0.05) is 11.6 Å². The number of ether oxygens (including phenoxy) is 2. The third kappa shape index (κ3) is 2.87. The molecule has 5 rings (SSSR count). The fourth-order valence-electron chi connectivity index (χ4n) is 3.65. The third-order valence-electron chi connectivity index (χ3n) is 5.00. The van der Waals surface area contributed by atoms with E-state index in [1.165, 1.54) is 0 Å². The summed E-state index contributed by atoms with van der Waals surface area (Å²) in [6, 6.07) is 16.1. The lowest BCUT2D eigenvalue weighted by atomic mass is 9.96. The van der Waals surface area contributed by atoms with Gasteiger partial charge < -0.3 is 9.47 Å². The van der Waals surface area contributed by atoms with Gasteiger partial charge in [0, 0.05) is 22.6 Å². The molecule has 3 aromatic rings. The van der Waals surface area contributed by atoms with Crippen molar-refractivity contribution in [1.82, 2.24) is 5.01 Å². The minimum Gasteiger partial charge on any atom is -0.497 e. The van der Waals surface area contributed by atoms with E-state index in [9.17, 15) is 0 Å². The predicted molar refractivity (Wildman–Crippen MR) is 108 cm³/mol. The highest BCUT2D eigenvalue weighted by Gasteiger charge is 2.41. The Balaban J connectivity index is 1.57. The summed E-state index contributed by atoms with van der Waals surface area (Å²) < 4.78 is 11.6. The summed E-state index contributed by atoms with van der Waals surface area (Å²) in [7, 11) is 1.67. The number of rotatable bonds is 3. The largest absolute Gasteiger partial charge is 0.497 e. The first-order chi connectivity index (χ1) is 13.2. The van der Waals surface area contributed by atoms with Crippen molar-refractivity contribution in [3.8, 4) is 11.5 Å². The van der Waals surface area contributed by atoms with Crippen molar-refractivity contribution in [1.29, 1.82) is 0 Å². The minimum absolute atomic E-state index is 0.106. The van der Waals surface area contributed by atoms with Crippen molar-refractivity contribution in [2.75, 3.05) is 7.11 Å². The number of methoxy groups -OCH3 is 1. The molecule has 0 spiro atoms. The van der Waals surface area contributed by atoms with Crippen LogP contribution in [0.1, 0.15) is 35.4 Å². The van der Waals surface area contributed by atoms with E-state index in [-0.39, 0.29) is 12.3 Å². The van der Waals surface area contributed by atoms with Gasteiger partial charge in [0.25, 0.3) is 0 Å². The van der Waals surface area contributed by atoms with E-state index >= 15 is 0 Å². The lowest BCUT2D eigenvalue weighted by Crippen LogP contribution is -2.33. The number of hydrogen-bond donors (Lipinski definition) is 0. The summed E-state index contributed by atoms with van der Waals surface area (Å²) in [5, 5.41) is 11.9. The Morgan fingerprint density at radius 3 is 2.78 bits per heavy atom. The van der Waals surface area contributed by atoms with Crippen molar-refractivity contribution in [2.24, 2.45) is 5.10 Å². The van der Waals surface area contributed by atoms with Crippen LogP contribution in [0.25, 0.3) is 0 Å². The van der Waals surface area contributed by atoms with E-state index in [0.717, 1.165) is 40.3 Å². The average Bonchev–Trinajstić information content (AvgIpc) is 3.38. The number of nitrogens with zero attached hydrogens (tertiary/aromatic N) is 2. The maximum Gasteiger partial charge on any atom is 0.214 e. The fourth-order valence-corrected chi connectivity index (χ4v) is 4.50. The highest BCUT2D eigenvalue weighted by Crippen LogP contribution is 2.48. The first-order valence-corrected chi connectivity index (χ1v) is 10.0. The van der Waals surface area contributed by atoms with Crippen molar-refractivity contribution in [3.63, 3.8) is 0 Å². The monoisotopic (exact) mass is 396 g/mol. The molecule has 0 fully saturated rings. The standard InChI is InChI=1S/C21H17ClN2O2S/c1-25-16-5-2-13(3-6-16)18-11-19-17-10-15(22)4-7-20(17)26-21(24(19)23-18)14-8-9-27-12-14/h2-10,12,19,21H,11H2,1H3/t19-,21+/m0/s1. The molecule has 6 heteroatoms. The summed E-state index contributed by atoms with van der Waals surface area (Å²) in [6.45, 7) is 0. The van der Waals surface area contributed by atoms with Crippen LogP contribution in [0.5, 0.6) is 11.5 Å². The smallest absolute Gasteiger partial charge is 0.214 e. The van der Waals surface area contributed by atoms with Gasteiger partial charge in [-0.2, -0.15) is 16.4 Å². The predicted octanol–water partition coefficient (Wildman–Crippen LogP) is 5.65. The summed E-state index contributed by atoms with van der Waals surface area (Å²) in [5.74, 6) is 1.72. The number of thiophene rings is 1. The lowest BCUT2D eigenvalue weighted by Gasteiger charge is -2.37. The Labute approximate surface area is 166 Å². The quantitative estimate of drug-likeness (QED) is 0.573. The fraction of sp³-hybridized carbons (Fsp3) is 0.190. The number of hydrazone groups is 1. The molecule has 0 radical (unpaired) electrons. The van der Waals surface area contributed by atoms with Crippen molar-refractivity contribution < 1.29 is 9.47 Å². The van der Waals surface area contributed by atoms with Gasteiger partial charge in [-0.3, -0.25) is 0 Å². The number of benzene rings is 2. The van der Waals surface area contributed by atoms with Crippen LogP contribution in [-0.4, -0.2) is 17.8 Å². The molecule has 0 saturated carbocycles. The molecule has 0 saturated heterocycles. The second-order valence-electron chi connectivity index (χ2n) is 6.58. The maximum atomic E-state index is 6.31. The number of hydrogen-bond acceptors (Lipinski definition) is 5. The van der Waals surface area contributed by atoms with Crippen LogP contribution in [0.15, 0.2) is 64.4 Å². The molecule has 2 aliphatic heterocycles. The molecule has 136 valence electrons. The van der Waals surface area contributed by atoms with Gasteiger partial charge in [0.05, 0.1) is 18.9 Å². The topological polar surface area (TPSA) is 34.1 Å². The molecule has 2 atom stereocenters. The van der Waals surface area contributed by atoms with Crippen LogP contribution >= 0.6 is 22.9 Å². The van der Waals surface area contributed by atoms with E-state index in [0.29, 0.717) is 5.02 Å². The van der Waals surface area contributed by atoms with E-state index in [1.54, 1.807) is 18.4 Å². The molecule has 27 heavy (non-hydrogen) atoms. The van der Waals surface area contributed by atoms with Crippen LogP contribution in [0.3, 0.4) is 0 Å². The van der Waals surface area contributed by atoms with Gasteiger partial charge in [0.15, 0.2) is 0 Å². The molecule has 0 amide bonds. The summed E-state index contributed by atoms with van der Waals surface area (Å²) >= 11 is 7.93. The Hall–Kier alpha value is -2.50. The van der Waals surface area contributed by atoms with Crippen molar-refractivity contribution in [3.05, 3.63) is 81.0 Å². The highest BCUT2D eigenvalue weighted by atomic mass is 35.5. The summed E-state index contributed by atoms with van der Waals surface area (Å²) in [5.41, 5.74) is 4.34. The zero-order chi connectivity index (χ0) is 18.4. The van der Waals surface area contributed by atoms with Gasteiger partial charge in [-0.25, -0.2) is 5.01 Å². The van der Waals surface area contributed by atoms with Crippen LogP contribution in [0, 0.1) is 0 Å². The summed E-state index contributed by atoms with van der Waals surface area (Å²) in [4.78, 5) is 0. The normalized spacial score (nSPS) is 20.5. The molecule has 0 bridgehead atoms. The molecule has 1 aromatic heterocycles. The zero-order valence-electron chi connectivity index (χ0n) is 14.6. The van der Waals surface area contributed by atoms with Gasteiger partial charge in [-0.15, -0.1) is 0 Å². The molecule has 0 N–H and O–H groups in total. The Kier molecular flexibility index (Phi) is 4.06. The Morgan fingerprint density at radius 2 is 2.04 bits per heavy atom. The third-order valence-corrected chi connectivity index (χ3v) is 5.94. The molecule has 2 aromatic carbocycles. The van der Waals surface area contributed by atoms with E-state index in [1.807, 2.05) is 30.3 Å². The molecule has 0 unspecified atom stereocenters. The number of halogens is 1. The first-order valence-electron chi connectivity index (χ1n) is 8.71. The molecule has 3 heterocycles. The molecule has 2 aliphatic rings. The number of fused-ring (bicyclic) bond motifs is 3. The SMILES string of the molecule is COc1ccc(C2=NN3[C@@H](c4ccsc4)Oc4ccc(Cl)cc4[C@@H]3C2)cc1. The van der Waals surface area contributed by atoms with Gasteiger partial charge in [0.1, 0.15) is 11.5 Å². The minimum atomic E-state index is -0.231. The van der Waals surface area contributed by atoms with Gasteiger partial charge in [-0.05, 0) is 64.9 Å². The second kappa shape index (κ2) is 6.59. The Bertz CT molecular complexity index is 1000. The van der Waals surface area contributed by atoms with E-state index in [2.05, 4.69) is 34.0 Å². The second-order valence-corrected chi connectivity index (χ2v) is 7.80. The van der Waals surface area contributed by atoms with Gasteiger partial charge >= 0.3 is 0 Å². The average molecular weight is 397 g/mol. The van der Waals surface area contributed by atoms with Crippen LogP contribution in [0.2, 0.25) is 5.02 Å². The van der Waals surface area contributed by atoms with Crippen LogP contribution in [0.4, 0.5) is 0 Å². The highest BCUT2D eigenvalue weighted by molar-refractivity contribution is 7.07. The summed E-state index contributed by atoms with van der Waals surface area (Å²) in [6.07, 6.45) is 0.578. The van der Waals surface area contributed by atoms with Crippen molar-refractivity contribution in [2.45, 2.75) is 18.7 Å².